The normalized spacial score (nSPS) is 20.7. The van der Waals surface area contributed by atoms with E-state index in [0.717, 1.165) is 11.6 Å². The highest BCUT2D eigenvalue weighted by molar-refractivity contribution is 6.30. The van der Waals surface area contributed by atoms with Crippen molar-refractivity contribution in [3.63, 3.8) is 0 Å². The molecule has 2 aliphatic rings. The number of amides is 2. The van der Waals surface area contributed by atoms with E-state index < -0.39 is 17.8 Å². The van der Waals surface area contributed by atoms with Crippen molar-refractivity contribution in [2.45, 2.75) is 18.5 Å². The van der Waals surface area contributed by atoms with Crippen LogP contribution in [0.15, 0.2) is 54.9 Å². The number of carbonyl (C=O) groups excluding carboxylic acids is 2. The molecule has 2 atom stereocenters. The van der Waals surface area contributed by atoms with Crippen molar-refractivity contribution in [1.82, 2.24) is 15.3 Å². The summed E-state index contributed by atoms with van der Waals surface area (Å²) in [6, 6.07) is 10.9. The number of rotatable bonds is 4. The summed E-state index contributed by atoms with van der Waals surface area (Å²) in [5, 5.41) is 5.09. The Morgan fingerprint density at radius 3 is 2.59 bits per heavy atom. The SMILES string of the molecule is O=C(CN1C=CN2NC(c3ccc(Cl)cc3)CC2C1=O)Nc1ccc(Cl)cc1F. The summed E-state index contributed by atoms with van der Waals surface area (Å²) < 4.78 is 13.9. The van der Waals surface area contributed by atoms with Crippen molar-refractivity contribution in [1.29, 1.82) is 0 Å². The van der Waals surface area contributed by atoms with E-state index in [1.165, 1.54) is 23.2 Å². The summed E-state index contributed by atoms with van der Waals surface area (Å²) in [6.45, 7) is -0.215. The predicted octanol–water partition coefficient (Wildman–Crippen LogP) is 3.70. The molecule has 0 aliphatic carbocycles. The second kappa shape index (κ2) is 8.02. The molecule has 0 radical (unpaired) electrons. The second-order valence-corrected chi connectivity index (χ2v) is 7.70. The van der Waals surface area contributed by atoms with Crippen LogP contribution >= 0.6 is 23.2 Å². The molecular formula is C20H17Cl2FN4O2. The molecule has 2 heterocycles. The largest absolute Gasteiger partial charge is 0.322 e. The molecule has 0 saturated carbocycles. The van der Waals surface area contributed by atoms with Crippen LogP contribution < -0.4 is 10.7 Å². The third kappa shape index (κ3) is 4.22. The van der Waals surface area contributed by atoms with Gasteiger partial charge in [0.15, 0.2) is 0 Å². The Morgan fingerprint density at radius 1 is 1.14 bits per heavy atom. The summed E-state index contributed by atoms with van der Waals surface area (Å²) in [4.78, 5) is 26.5. The predicted molar refractivity (Wildman–Crippen MR) is 108 cm³/mol. The number of hydrogen-bond acceptors (Lipinski definition) is 4. The monoisotopic (exact) mass is 434 g/mol. The molecule has 2 aromatic carbocycles. The minimum atomic E-state index is -0.636. The molecule has 2 amide bonds. The number of nitrogens with zero attached hydrogens (tertiary/aromatic N) is 2. The van der Waals surface area contributed by atoms with E-state index in [0.29, 0.717) is 11.4 Å². The Labute approximate surface area is 176 Å². The standard InChI is InChI=1S/C20H17Cl2FN4O2/c21-13-3-1-12(2-4-13)17-10-18-20(29)26(7-8-27(18)25-17)11-19(28)24-16-6-5-14(22)9-15(16)23/h1-9,17-18,25H,10-11H2,(H,24,28). The Hall–Kier alpha value is -2.61. The zero-order valence-electron chi connectivity index (χ0n) is 15.1. The molecule has 6 nitrogen and oxygen atoms in total. The Balaban J connectivity index is 1.40. The van der Waals surface area contributed by atoms with Crippen LogP contribution in [-0.2, 0) is 9.59 Å². The fourth-order valence-electron chi connectivity index (χ4n) is 3.41. The maximum Gasteiger partial charge on any atom is 0.251 e. The van der Waals surface area contributed by atoms with Crippen molar-refractivity contribution in [2.75, 3.05) is 11.9 Å². The number of benzene rings is 2. The van der Waals surface area contributed by atoms with E-state index >= 15 is 0 Å². The smallest absolute Gasteiger partial charge is 0.251 e. The maximum atomic E-state index is 13.9. The molecule has 29 heavy (non-hydrogen) atoms. The summed E-state index contributed by atoms with van der Waals surface area (Å²) in [5.74, 6) is -1.34. The molecule has 2 aliphatic heterocycles. The second-order valence-electron chi connectivity index (χ2n) is 6.83. The molecule has 2 unspecified atom stereocenters. The van der Waals surface area contributed by atoms with Gasteiger partial charge in [-0.2, -0.15) is 0 Å². The molecular weight excluding hydrogens is 418 g/mol. The van der Waals surface area contributed by atoms with Gasteiger partial charge in [-0.25, -0.2) is 9.82 Å². The number of carbonyl (C=O) groups is 2. The van der Waals surface area contributed by atoms with Crippen LogP contribution in [0, 0.1) is 5.82 Å². The van der Waals surface area contributed by atoms with Crippen molar-refractivity contribution in [2.24, 2.45) is 0 Å². The van der Waals surface area contributed by atoms with Crippen LogP contribution in [0.4, 0.5) is 10.1 Å². The fourth-order valence-corrected chi connectivity index (χ4v) is 3.70. The van der Waals surface area contributed by atoms with Crippen LogP contribution in [0.2, 0.25) is 10.0 Å². The van der Waals surface area contributed by atoms with Crippen LogP contribution in [0.25, 0.3) is 0 Å². The lowest BCUT2D eigenvalue weighted by molar-refractivity contribution is -0.137. The van der Waals surface area contributed by atoms with E-state index in [9.17, 15) is 14.0 Å². The van der Waals surface area contributed by atoms with Crippen LogP contribution in [-0.4, -0.2) is 34.3 Å². The van der Waals surface area contributed by atoms with Gasteiger partial charge in [-0.3, -0.25) is 9.59 Å². The molecule has 150 valence electrons. The van der Waals surface area contributed by atoms with Gasteiger partial charge >= 0.3 is 0 Å². The van der Waals surface area contributed by atoms with E-state index in [1.807, 2.05) is 12.1 Å². The quantitative estimate of drug-likeness (QED) is 0.769. The molecule has 1 fully saturated rings. The van der Waals surface area contributed by atoms with Crippen molar-refractivity contribution in [3.05, 3.63) is 76.3 Å². The Morgan fingerprint density at radius 2 is 1.86 bits per heavy atom. The average molecular weight is 435 g/mol. The third-order valence-corrected chi connectivity index (χ3v) is 5.35. The van der Waals surface area contributed by atoms with Gasteiger partial charge in [0.2, 0.25) is 5.91 Å². The van der Waals surface area contributed by atoms with E-state index in [1.54, 1.807) is 23.3 Å². The zero-order chi connectivity index (χ0) is 20.5. The highest BCUT2D eigenvalue weighted by atomic mass is 35.5. The van der Waals surface area contributed by atoms with Gasteiger partial charge in [0.1, 0.15) is 18.4 Å². The van der Waals surface area contributed by atoms with E-state index in [4.69, 9.17) is 23.2 Å². The van der Waals surface area contributed by atoms with Crippen LogP contribution in [0.3, 0.4) is 0 Å². The lowest BCUT2D eigenvalue weighted by Crippen LogP contribution is -2.49. The number of hydrogen-bond donors (Lipinski definition) is 2. The summed E-state index contributed by atoms with van der Waals surface area (Å²) in [7, 11) is 0. The number of fused-ring (bicyclic) bond motifs is 1. The third-order valence-electron chi connectivity index (χ3n) is 4.87. The molecule has 2 aromatic rings. The van der Waals surface area contributed by atoms with Gasteiger partial charge in [0.25, 0.3) is 5.91 Å². The first-order chi connectivity index (χ1) is 13.9. The molecule has 9 heteroatoms. The molecule has 1 saturated heterocycles. The minimum absolute atomic E-state index is 0.0137. The average Bonchev–Trinajstić information content (AvgIpc) is 3.12. The van der Waals surface area contributed by atoms with Gasteiger partial charge in [0, 0.05) is 22.4 Å². The number of halogens is 3. The van der Waals surface area contributed by atoms with Gasteiger partial charge in [-0.15, -0.1) is 0 Å². The summed E-state index contributed by atoms with van der Waals surface area (Å²) in [6.07, 6.45) is 3.81. The lowest BCUT2D eigenvalue weighted by Gasteiger charge is -2.31. The summed E-state index contributed by atoms with van der Waals surface area (Å²) >= 11 is 11.6. The Kier molecular flexibility index (Phi) is 5.45. The minimum Gasteiger partial charge on any atom is -0.322 e. The van der Waals surface area contributed by atoms with Crippen molar-refractivity contribution >= 4 is 40.7 Å². The van der Waals surface area contributed by atoms with E-state index in [2.05, 4.69) is 10.7 Å². The molecule has 2 N–H and O–H groups in total. The van der Waals surface area contributed by atoms with Crippen molar-refractivity contribution < 1.29 is 14.0 Å². The van der Waals surface area contributed by atoms with Gasteiger partial charge in [-0.1, -0.05) is 35.3 Å². The van der Waals surface area contributed by atoms with Crippen LogP contribution in [0.1, 0.15) is 18.0 Å². The first kappa shape index (κ1) is 19.7. The first-order valence-corrected chi connectivity index (χ1v) is 9.70. The lowest BCUT2D eigenvalue weighted by atomic mass is 10.0. The molecule has 4 rings (SSSR count). The Bertz CT molecular complexity index is 983. The topological polar surface area (TPSA) is 64.7 Å². The molecule has 0 bridgehead atoms. The molecule has 0 spiro atoms. The number of hydrazine groups is 1. The maximum absolute atomic E-state index is 13.9. The summed E-state index contributed by atoms with van der Waals surface area (Å²) in [5.41, 5.74) is 4.31. The zero-order valence-corrected chi connectivity index (χ0v) is 16.6. The fraction of sp³-hybridized carbons (Fsp3) is 0.200. The van der Waals surface area contributed by atoms with E-state index in [-0.39, 0.29) is 29.2 Å². The number of nitrogens with one attached hydrogen (secondary N) is 2. The highest BCUT2D eigenvalue weighted by Crippen LogP contribution is 2.31. The van der Waals surface area contributed by atoms with Gasteiger partial charge in [0.05, 0.1) is 11.7 Å². The molecule has 0 aromatic heterocycles. The highest BCUT2D eigenvalue weighted by Gasteiger charge is 2.40. The first-order valence-electron chi connectivity index (χ1n) is 8.94. The van der Waals surface area contributed by atoms with Crippen molar-refractivity contribution in [3.8, 4) is 0 Å². The van der Waals surface area contributed by atoms with Gasteiger partial charge < -0.3 is 15.2 Å². The van der Waals surface area contributed by atoms with Gasteiger partial charge in [-0.05, 0) is 42.3 Å². The van der Waals surface area contributed by atoms with Crippen LogP contribution in [0.5, 0.6) is 0 Å². The number of anilines is 1.